The molecule has 1 N–H and O–H groups in total. The largest absolute Gasteiger partial charge is 0.376 e. The standard InChI is InChI=1S/C13H14ClFN2S/c1-7-13(18-9(3)16-7)8(2)17-12-6-10(15)4-5-11(12)14/h4-6,8,17H,1-3H3. The zero-order valence-corrected chi connectivity index (χ0v) is 12.0. The summed E-state index contributed by atoms with van der Waals surface area (Å²) in [6, 6.07) is 4.36. The van der Waals surface area contributed by atoms with Crippen molar-refractivity contribution in [3.63, 3.8) is 0 Å². The molecule has 0 saturated heterocycles. The molecular formula is C13H14ClFN2S. The van der Waals surface area contributed by atoms with E-state index in [9.17, 15) is 4.39 Å². The number of hydrogen-bond acceptors (Lipinski definition) is 3. The molecule has 1 heterocycles. The van der Waals surface area contributed by atoms with Gasteiger partial charge in [-0.25, -0.2) is 9.37 Å². The molecule has 1 atom stereocenters. The highest BCUT2D eigenvalue weighted by Gasteiger charge is 2.14. The van der Waals surface area contributed by atoms with Gasteiger partial charge in [0, 0.05) is 4.88 Å². The number of halogens is 2. The molecule has 0 aliphatic rings. The van der Waals surface area contributed by atoms with Gasteiger partial charge in [-0.15, -0.1) is 11.3 Å². The lowest BCUT2D eigenvalue weighted by molar-refractivity contribution is 0.628. The molecule has 2 nitrogen and oxygen atoms in total. The first-order valence-electron chi connectivity index (χ1n) is 5.63. The van der Waals surface area contributed by atoms with Crippen LogP contribution in [0.25, 0.3) is 0 Å². The van der Waals surface area contributed by atoms with Crippen LogP contribution in [0.1, 0.15) is 28.5 Å². The van der Waals surface area contributed by atoms with Gasteiger partial charge in [-0.3, -0.25) is 0 Å². The summed E-state index contributed by atoms with van der Waals surface area (Å²) >= 11 is 7.67. The van der Waals surface area contributed by atoms with E-state index in [1.54, 1.807) is 17.4 Å². The van der Waals surface area contributed by atoms with Crippen LogP contribution in [0.2, 0.25) is 5.02 Å². The van der Waals surface area contributed by atoms with Crippen molar-refractivity contribution in [1.82, 2.24) is 4.98 Å². The normalized spacial score (nSPS) is 12.5. The Kier molecular flexibility index (Phi) is 3.88. The summed E-state index contributed by atoms with van der Waals surface area (Å²) in [5, 5.41) is 4.76. The van der Waals surface area contributed by atoms with Crippen molar-refractivity contribution in [2.45, 2.75) is 26.8 Å². The predicted octanol–water partition coefficient (Wildman–Crippen LogP) is 4.73. The summed E-state index contributed by atoms with van der Waals surface area (Å²) in [5.41, 5.74) is 1.61. The monoisotopic (exact) mass is 284 g/mol. The Morgan fingerprint density at radius 3 is 2.72 bits per heavy atom. The molecule has 0 bridgehead atoms. The lowest BCUT2D eigenvalue weighted by atomic mass is 10.2. The molecule has 0 fully saturated rings. The number of aryl methyl sites for hydroxylation is 2. The lowest BCUT2D eigenvalue weighted by Gasteiger charge is -2.15. The second-order valence-electron chi connectivity index (χ2n) is 4.17. The second kappa shape index (κ2) is 5.24. The molecule has 0 amide bonds. The molecule has 96 valence electrons. The van der Waals surface area contributed by atoms with Gasteiger partial charge in [-0.1, -0.05) is 11.6 Å². The number of nitrogens with one attached hydrogen (secondary N) is 1. The Bertz CT molecular complexity index is 568. The number of rotatable bonds is 3. The fraction of sp³-hybridized carbons (Fsp3) is 0.308. The summed E-state index contributed by atoms with van der Waals surface area (Å²) in [6.45, 7) is 5.97. The molecule has 0 aliphatic carbocycles. The quantitative estimate of drug-likeness (QED) is 0.882. The first-order chi connectivity index (χ1) is 8.47. The van der Waals surface area contributed by atoms with Crippen LogP contribution in [0.3, 0.4) is 0 Å². The van der Waals surface area contributed by atoms with Gasteiger partial charge in [0.25, 0.3) is 0 Å². The zero-order chi connectivity index (χ0) is 13.3. The van der Waals surface area contributed by atoms with E-state index in [1.807, 2.05) is 20.8 Å². The van der Waals surface area contributed by atoms with Crippen LogP contribution in [0.15, 0.2) is 18.2 Å². The highest BCUT2D eigenvalue weighted by Crippen LogP contribution is 2.30. The van der Waals surface area contributed by atoms with Crippen LogP contribution in [-0.2, 0) is 0 Å². The van der Waals surface area contributed by atoms with Crippen LogP contribution in [0, 0.1) is 19.7 Å². The molecule has 2 rings (SSSR count). The molecule has 0 saturated carbocycles. The number of thiazole rings is 1. The molecule has 18 heavy (non-hydrogen) atoms. The van der Waals surface area contributed by atoms with E-state index in [-0.39, 0.29) is 11.9 Å². The Morgan fingerprint density at radius 1 is 1.39 bits per heavy atom. The van der Waals surface area contributed by atoms with Crippen molar-refractivity contribution >= 4 is 28.6 Å². The maximum atomic E-state index is 13.2. The highest BCUT2D eigenvalue weighted by atomic mass is 35.5. The maximum absolute atomic E-state index is 13.2. The van der Waals surface area contributed by atoms with E-state index in [1.165, 1.54) is 12.1 Å². The second-order valence-corrected chi connectivity index (χ2v) is 5.81. The number of aromatic nitrogens is 1. The van der Waals surface area contributed by atoms with Crippen molar-refractivity contribution in [3.8, 4) is 0 Å². The molecule has 0 aliphatic heterocycles. The van der Waals surface area contributed by atoms with Crippen LogP contribution in [-0.4, -0.2) is 4.98 Å². The van der Waals surface area contributed by atoms with Crippen LogP contribution in [0.5, 0.6) is 0 Å². The smallest absolute Gasteiger partial charge is 0.125 e. The maximum Gasteiger partial charge on any atom is 0.125 e. The molecule has 0 radical (unpaired) electrons. The van der Waals surface area contributed by atoms with Gasteiger partial charge < -0.3 is 5.32 Å². The first-order valence-corrected chi connectivity index (χ1v) is 6.82. The number of nitrogens with zero attached hydrogens (tertiary/aromatic N) is 1. The summed E-state index contributed by atoms with van der Waals surface area (Å²) in [6.07, 6.45) is 0. The minimum atomic E-state index is -0.300. The van der Waals surface area contributed by atoms with Crippen molar-refractivity contribution < 1.29 is 4.39 Å². The lowest BCUT2D eigenvalue weighted by Crippen LogP contribution is -2.07. The Labute approximate surface area is 115 Å². The SMILES string of the molecule is Cc1nc(C)c(C(C)Nc2cc(F)ccc2Cl)s1. The molecule has 1 aromatic carbocycles. The third-order valence-corrected chi connectivity index (χ3v) is 4.22. The summed E-state index contributed by atoms with van der Waals surface area (Å²) in [5.74, 6) is -0.300. The van der Waals surface area contributed by atoms with Gasteiger partial charge in [-0.05, 0) is 39.0 Å². The Morgan fingerprint density at radius 2 is 2.11 bits per heavy atom. The minimum Gasteiger partial charge on any atom is -0.376 e. The summed E-state index contributed by atoms with van der Waals surface area (Å²) < 4.78 is 13.2. The topological polar surface area (TPSA) is 24.9 Å². The van der Waals surface area contributed by atoms with Crippen LogP contribution in [0.4, 0.5) is 10.1 Å². The van der Waals surface area contributed by atoms with E-state index in [4.69, 9.17) is 11.6 Å². The first kappa shape index (κ1) is 13.3. The van der Waals surface area contributed by atoms with E-state index in [0.29, 0.717) is 10.7 Å². The highest BCUT2D eigenvalue weighted by molar-refractivity contribution is 7.11. The van der Waals surface area contributed by atoms with E-state index < -0.39 is 0 Å². The van der Waals surface area contributed by atoms with E-state index >= 15 is 0 Å². The molecular weight excluding hydrogens is 271 g/mol. The fourth-order valence-corrected chi connectivity index (χ4v) is 2.96. The average Bonchev–Trinajstić information content (AvgIpc) is 2.63. The Hall–Kier alpha value is -1.13. The van der Waals surface area contributed by atoms with Crippen molar-refractivity contribution in [3.05, 3.63) is 44.6 Å². The predicted molar refractivity (Wildman–Crippen MR) is 75.0 cm³/mol. The fourth-order valence-electron chi connectivity index (χ4n) is 1.86. The number of anilines is 1. The third kappa shape index (κ3) is 2.82. The minimum absolute atomic E-state index is 0.0514. The molecule has 1 aromatic heterocycles. The van der Waals surface area contributed by atoms with Gasteiger partial charge in [0.1, 0.15) is 5.82 Å². The zero-order valence-electron chi connectivity index (χ0n) is 10.4. The average molecular weight is 285 g/mol. The number of benzene rings is 1. The van der Waals surface area contributed by atoms with E-state index in [0.717, 1.165) is 15.6 Å². The van der Waals surface area contributed by atoms with Gasteiger partial charge >= 0.3 is 0 Å². The van der Waals surface area contributed by atoms with Crippen LogP contribution < -0.4 is 5.32 Å². The molecule has 2 aromatic rings. The van der Waals surface area contributed by atoms with E-state index in [2.05, 4.69) is 10.3 Å². The summed E-state index contributed by atoms with van der Waals surface area (Å²) in [4.78, 5) is 5.53. The summed E-state index contributed by atoms with van der Waals surface area (Å²) in [7, 11) is 0. The Balaban J connectivity index is 2.23. The van der Waals surface area contributed by atoms with Gasteiger partial charge in [-0.2, -0.15) is 0 Å². The molecule has 1 unspecified atom stereocenters. The van der Waals surface area contributed by atoms with Crippen molar-refractivity contribution in [2.75, 3.05) is 5.32 Å². The molecule has 5 heteroatoms. The van der Waals surface area contributed by atoms with Crippen LogP contribution >= 0.6 is 22.9 Å². The van der Waals surface area contributed by atoms with Gasteiger partial charge in [0.15, 0.2) is 0 Å². The van der Waals surface area contributed by atoms with Gasteiger partial charge in [0.05, 0.1) is 27.5 Å². The van der Waals surface area contributed by atoms with Crippen molar-refractivity contribution in [1.29, 1.82) is 0 Å². The van der Waals surface area contributed by atoms with Gasteiger partial charge in [0.2, 0.25) is 0 Å². The number of hydrogen-bond donors (Lipinski definition) is 1. The molecule has 0 spiro atoms. The van der Waals surface area contributed by atoms with Crippen molar-refractivity contribution in [2.24, 2.45) is 0 Å². The third-order valence-electron chi connectivity index (χ3n) is 2.63.